The van der Waals surface area contributed by atoms with E-state index < -0.39 is 5.54 Å². The molecule has 0 bridgehead atoms. The van der Waals surface area contributed by atoms with Crippen molar-refractivity contribution in [2.45, 2.75) is 19.4 Å². The highest BCUT2D eigenvalue weighted by molar-refractivity contribution is 6.01. The lowest BCUT2D eigenvalue weighted by Gasteiger charge is -2.41. The number of carbonyl (C=O) groups is 2. The summed E-state index contributed by atoms with van der Waals surface area (Å²) in [5.41, 5.74) is 0.540. The van der Waals surface area contributed by atoms with E-state index in [1.54, 1.807) is 37.1 Å². The molecule has 2 amide bonds. The van der Waals surface area contributed by atoms with E-state index in [-0.39, 0.29) is 11.8 Å². The van der Waals surface area contributed by atoms with Gasteiger partial charge in [0.2, 0.25) is 5.91 Å². The summed E-state index contributed by atoms with van der Waals surface area (Å²) in [4.78, 5) is 26.2. The molecule has 20 heavy (non-hydrogen) atoms. The van der Waals surface area contributed by atoms with Gasteiger partial charge in [-0.2, -0.15) is 5.10 Å². The van der Waals surface area contributed by atoms with Gasteiger partial charge in [0.1, 0.15) is 5.54 Å². The number of fused-ring (bicyclic) bond motifs is 1. The first-order valence-electron chi connectivity index (χ1n) is 6.53. The Labute approximate surface area is 116 Å². The van der Waals surface area contributed by atoms with Gasteiger partial charge in [0.25, 0.3) is 5.91 Å². The number of aromatic nitrogens is 2. The van der Waals surface area contributed by atoms with Crippen molar-refractivity contribution in [1.29, 1.82) is 0 Å². The maximum absolute atomic E-state index is 12.6. The third kappa shape index (κ3) is 1.84. The quantitative estimate of drug-likeness (QED) is 0.810. The fourth-order valence-electron chi connectivity index (χ4n) is 2.48. The zero-order valence-corrected chi connectivity index (χ0v) is 11.4. The molecule has 1 aliphatic rings. The Morgan fingerprint density at radius 3 is 3.00 bits per heavy atom. The molecular formula is C14H16N4O2. The largest absolute Gasteiger partial charge is 0.352 e. The van der Waals surface area contributed by atoms with Crippen LogP contribution in [0.1, 0.15) is 24.2 Å². The number of nitrogens with zero attached hydrogens (tertiary/aromatic N) is 2. The van der Waals surface area contributed by atoms with Crippen molar-refractivity contribution in [3.63, 3.8) is 0 Å². The number of H-pyrrole nitrogens is 1. The molecule has 0 spiro atoms. The first kappa shape index (κ1) is 12.7. The van der Waals surface area contributed by atoms with Gasteiger partial charge in [0.15, 0.2) is 0 Å². The average molecular weight is 272 g/mol. The van der Waals surface area contributed by atoms with Gasteiger partial charge in [-0.25, -0.2) is 0 Å². The lowest BCUT2D eigenvalue weighted by molar-refractivity contribution is -0.133. The van der Waals surface area contributed by atoms with Crippen LogP contribution in [0, 0.1) is 0 Å². The van der Waals surface area contributed by atoms with Crippen molar-refractivity contribution in [3.05, 3.63) is 30.0 Å². The SMILES string of the molecule is CC1(C)C(=O)NCCN1C(=O)c1ccc2cn[nH]c2c1. The minimum Gasteiger partial charge on any atom is -0.352 e. The van der Waals surface area contributed by atoms with Crippen LogP contribution in [-0.2, 0) is 4.79 Å². The van der Waals surface area contributed by atoms with Gasteiger partial charge in [0, 0.05) is 24.0 Å². The fourth-order valence-corrected chi connectivity index (χ4v) is 2.48. The molecule has 1 aliphatic heterocycles. The fraction of sp³-hybridized carbons (Fsp3) is 0.357. The number of hydrogen-bond donors (Lipinski definition) is 2. The minimum atomic E-state index is -0.835. The zero-order chi connectivity index (χ0) is 14.3. The van der Waals surface area contributed by atoms with Gasteiger partial charge < -0.3 is 10.2 Å². The summed E-state index contributed by atoms with van der Waals surface area (Å²) in [7, 11) is 0. The van der Waals surface area contributed by atoms with Crippen LogP contribution in [0.5, 0.6) is 0 Å². The normalized spacial score (nSPS) is 18.1. The first-order valence-corrected chi connectivity index (χ1v) is 6.53. The Hall–Kier alpha value is -2.37. The summed E-state index contributed by atoms with van der Waals surface area (Å²) in [5.74, 6) is -0.263. The topological polar surface area (TPSA) is 78.1 Å². The third-order valence-corrected chi connectivity index (χ3v) is 3.79. The van der Waals surface area contributed by atoms with Crippen molar-refractivity contribution in [2.24, 2.45) is 0 Å². The van der Waals surface area contributed by atoms with Crippen LogP contribution < -0.4 is 5.32 Å². The van der Waals surface area contributed by atoms with Crippen molar-refractivity contribution in [2.75, 3.05) is 13.1 Å². The number of benzene rings is 1. The van der Waals surface area contributed by atoms with Crippen molar-refractivity contribution < 1.29 is 9.59 Å². The molecule has 2 aromatic rings. The Bertz CT molecular complexity index is 689. The summed E-state index contributed by atoms with van der Waals surface area (Å²) in [6, 6.07) is 5.39. The van der Waals surface area contributed by atoms with E-state index in [0.29, 0.717) is 18.7 Å². The molecule has 1 saturated heterocycles. The highest BCUT2D eigenvalue weighted by Gasteiger charge is 2.40. The molecule has 1 aromatic heterocycles. The number of nitrogens with one attached hydrogen (secondary N) is 2. The maximum atomic E-state index is 12.6. The van der Waals surface area contributed by atoms with Crippen LogP contribution in [0.3, 0.4) is 0 Å². The number of carbonyl (C=O) groups excluding carboxylic acids is 2. The molecule has 3 rings (SSSR count). The Morgan fingerprint density at radius 2 is 2.20 bits per heavy atom. The zero-order valence-electron chi connectivity index (χ0n) is 11.4. The van der Waals surface area contributed by atoms with Gasteiger partial charge in [0.05, 0.1) is 11.7 Å². The molecule has 0 atom stereocenters. The van der Waals surface area contributed by atoms with E-state index in [1.807, 2.05) is 6.07 Å². The molecule has 2 heterocycles. The molecule has 0 radical (unpaired) electrons. The molecule has 0 unspecified atom stereocenters. The number of amides is 2. The van der Waals surface area contributed by atoms with Crippen LogP contribution in [-0.4, -0.2) is 45.5 Å². The minimum absolute atomic E-state index is 0.125. The lowest BCUT2D eigenvalue weighted by atomic mass is 9.97. The second-order valence-corrected chi connectivity index (χ2v) is 5.44. The summed E-state index contributed by atoms with van der Waals surface area (Å²) >= 11 is 0. The van der Waals surface area contributed by atoms with Crippen LogP contribution in [0.2, 0.25) is 0 Å². The number of hydrogen-bond acceptors (Lipinski definition) is 3. The molecule has 104 valence electrons. The standard InChI is InChI=1S/C14H16N4O2/c1-14(2)13(20)15-5-6-18(14)12(19)9-3-4-10-8-16-17-11(10)7-9/h3-4,7-8H,5-6H2,1-2H3,(H,15,20)(H,16,17). The first-order chi connectivity index (χ1) is 9.50. The summed E-state index contributed by atoms with van der Waals surface area (Å²) < 4.78 is 0. The second kappa shape index (κ2) is 4.33. The number of piperazine rings is 1. The Kier molecular flexibility index (Phi) is 2.74. The number of rotatable bonds is 1. The molecule has 0 saturated carbocycles. The van der Waals surface area contributed by atoms with Crippen LogP contribution in [0.15, 0.2) is 24.4 Å². The van der Waals surface area contributed by atoms with Gasteiger partial charge in [-0.15, -0.1) is 0 Å². The molecule has 2 N–H and O–H groups in total. The monoisotopic (exact) mass is 272 g/mol. The highest BCUT2D eigenvalue weighted by atomic mass is 16.2. The summed E-state index contributed by atoms with van der Waals surface area (Å²) in [6.45, 7) is 4.52. The third-order valence-electron chi connectivity index (χ3n) is 3.79. The van der Waals surface area contributed by atoms with E-state index in [1.165, 1.54) is 0 Å². The molecule has 6 nitrogen and oxygen atoms in total. The van der Waals surface area contributed by atoms with Gasteiger partial charge in [-0.1, -0.05) is 6.07 Å². The van der Waals surface area contributed by atoms with Crippen LogP contribution in [0.25, 0.3) is 10.9 Å². The van der Waals surface area contributed by atoms with E-state index in [9.17, 15) is 9.59 Å². The smallest absolute Gasteiger partial charge is 0.254 e. The molecule has 0 aliphatic carbocycles. The molecular weight excluding hydrogens is 256 g/mol. The second-order valence-electron chi connectivity index (χ2n) is 5.44. The van der Waals surface area contributed by atoms with Crippen molar-refractivity contribution in [1.82, 2.24) is 20.4 Å². The number of aromatic amines is 1. The average Bonchev–Trinajstić information content (AvgIpc) is 2.88. The van der Waals surface area contributed by atoms with Crippen LogP contribution >= 0.6 is 0 Å². The van der Waals surface area contributed by atoms with Crippen molar-refractivity contribution >= 4 is 22.7 Å². The Morgan fingerprint density at radius 1 is 1.40 bits per heavy atom. The molecule has 1 fully saturated rings. The van der Waals surface area contributed by atoms with Crippen molar-refractivity contribution in [3.8, 4) is 0 Å². The predicted molar refractivity (Wildman–Crippen MR) is 74.2 cm³/mol. The van der Waals surface area contributed by atoms with E-state index in [0.717, 1.165) is 10.9 Å². The van der Waals surface area contributed by atoms with Gasteiger partial charge in [-0.05, 0) is 26.0 Å². The Balaban J connectivity index is 1.96. The molecule has 6 heteroatoms. The van der Waals surface area contributed by atoms with Crippen LogP contribution in [0.4, 0.5) is 0 Å². The summed E-state index contributed by atoms with van der Waals surface area (Å²) in [6.07, 6.45) is 1.71. The summed E-state index contributed by atoms with van der Waals surface area (Å²) in [5, 5.41) is 10.5. The van der Waals surface area contributed by atoms with E-state index >= 15 is 0 Å². The molecule has 1 aromatic carbocycles. The van der Waals surface area contributed by atoms with Gasteiger partial charge in [-0.3, -0.25) is 14.7 Å². The van der Waals surface area contributed by atoms with Gasteiger partial charge >= 0.3 is 0 Å². The van der Waals surface area contributed by atoms with E-state index in [4.69, 9.17) is 0 Å². The maximum Gasteiger partial charge on any atom is 0.254 e. The highest BCUT2D eigenvalue weighted by Crippen LogP contribution is 2.22. The van der Waals surface area contributed by atoms with E-state index in [2.05, 4.69) is 15.5 Å². The lowest BCUT2D eigenvalue weighted by Crippen LogP contribution is -2.63. The predicted octanol–water partition coefficient (Wildman–Crippen LogP) is 0.913.